The molecule has 1 heterocycles. The van der Waals surface area contributed by atoms with Crippen LogP contribution in [-0.4, -0.2) is 39.2 Å². The number of rotatable bonds is 5. The zero-order valence-corrected chi connectivity index (χ0v) is 16.7. The van der Waals surface area contributed by atoms with Gasteiger partial charge in [0.15, 0.2) is 0 Å². The van der Waals surface area contributed by atoms with Crippen molar-refractivity contribution in [3.8, 4) is 0 Å². The van der Waals surface area contributed by atoms with Gasteiger partial charge in [-0.25, -0.2) is 4.79 Å². The Hall–Kier alpha value is -2.02. The topological polar surface area (TPSA) is 61.4 Å². The molecule has 2 aromatic rings. The summed E-state index contributed by atoms with van der Waals surface area (Å²) < 4.78 is 12.1. The van der Waals surface area contributed by atoms with Gasteiger partial charge in [0.2, 0.25) is 0 Å². The molecule has 0 spiro atoms. The van der Waals surface area contributed by atoms with Crippen molar-refractivity contribution in [3.05, 3.63) is 64.7 Å². The third kappa shape index (κ3) is 6.27. The number of nitrogens with zero attached hydrogens (tertiary/aromatic N) is 1. The minimum absolute atomic E-state index is 0.259. The first kappa shape index (κ1) is 19.7. The maximum absolute atomic E-state index is 12.1. The molecule has 1 aliphatic rings. The summed E-state index contributed by atoms with van der Waals surface area (Å²) in [6.45, 7) is 2.12. The molecular formula is C20H24ClN3O2S. The van der Waals surface area contributed by atoms with Gasteiger partial charge in [0.1, 0.15) is 0 Å². The monoisotopic (exact) mass is 405 g/mol. The molecule has 7 heteroatoms. The maximum Gasteiger partial charge on any atom is 0.319 e. The van der Waals surface area contributed by atoms with Crippen molar-refractivity contribution >= 4 is 38.7 Å². The van der Waals surface area contributed by atoms with Crippen LogP contribution in [0, 0.1) is 0 Å². The summed E-state index contributed by atoms with van der Waals surface area (Å²) in [4.78, 5) is 14.2. The molecule has 1 aliphatic heterocycles. The number of urea groups is 1. The summed E-state index contributed by atoms with van der Waals surface area (Å²) >= 11 is 5.85. The fourth-order valence-electron chi connectivity index (χ4n) is 3.05. The fourth-order valence-corrected chi connectivity index (χ4v) is 4.85. The number of benzene rings is 2. The minimum atomic E-state index is -1.95. The Kier molecular flexibility index (Phi) is 6.42. The molecule has 2 N–H and O–H groups in total. The third-order valence-corrected chi connectivity index (χ3v) is 6.51. The second kappa shape index (κ2) is 8.78. The smallest absolute Gasteiger partial charge is 0.319 e. The van der Waals surface area contributed by atoms with Gasteiger partial charge >= 0.3 is 6.03 Å². The van der Waals surface area contributed by atoms with Crippen molar-refractivity contribution in [1.82, 2.24) is 10.2 Å². The van der Waals surface area contributed by atoms with E-state index >= 15 is 0 Å². The lowest BCUT2D eigenvalue weighted by molar-refractivity contribution is 0.251. The van der Waals surface area contributed by atoms with Crippen LogP contribution < -0.4 is 10.6 Å². The molecule has 0 bridgehead atoms. The van der Waals surface area contributed by atoms with E-state index < -0.39 is 9.52 Å². The van der Waals surface area contributed by atoms with E-state index in [9.17, 15) is 9.00 Å². The zero-order valence-electron chi connectivity index (χ0n) is 15.1. The molecular weight excluding hydrogens is 382 g/mol. The second-order valence-electron chi connectivity index (χ2n) is 6.84. The van der Waals surface area contributed by atoms with Crippen molar-refractivity contribution < 1.29 is 9.00 Å². The van der Waals surface area contributed by atoms with Crippen LogP contribution in [0.5, 0.6) is 0 Å². The van der Waals surface area contributed by atoms with Crippen molar-refractivity contribution in [2.75, 3.05) is 23.5 Å². The summed E-state index contributed by atoms with van der Waals surface area (Å²) in [5.41, 5.74) is 2.83. The second-order valence-corrected chi connectivity index (χ2v) is 9.87. The first-order valence-electron chi connectivity index (χ1n) is 8.83. The fraction of sp³-hybridized carbons (Fsp3) is 0.300. The highest BCUT2D eigenvalue weighted by molar-refractivity contribution is 8.00. The van der Waals surface area contributed by atoms with Crippen LogP contribution in [0.25, 0.3) is 0 Å². The van der Waals surface area contributed by atoms with E-state index in [0.29, 0.717) is 17.4 Å². The standard InChI is InChI=1S/C20H24ClN3O2S/c1-27(26)12-2-11-24(15-27)14-17-5-9-19(10-6-17)23-20(25)22-13-16-3-7-18(21)8-4-16/h3-10H,1-2,11-15H2,(H2,22,23,25). The molecule has 0 saturated carbocycles. The largest absolute Gasteiger partial charge is 0.334 e. The maximum atomic E-state index is 12.1. The lowest BCUT2D eigenvalue weighted by Crippen LogP contribution is -2.37. The number of carbonyl (C=O) groups excluding carboxylic acids is 1. The van der Waals surface area contributed by atoms with Gasteiger partial charge in [0.25, 0.3) is 0 Å². The van der Waals surface area contributed by atoms with Crippen molar-refractivity contribution in [2.45, 2.75) is 19.5 Å². The highest BCUT2D eigenvalue weighted by atomic mass is 35.5. The van der Waals surface area contributed by atoms with Gasteiger partial charge in [-0.1, -0.05) is 35.9 Å². The van der Waals surface area contributed by atoms with Gasteiger partial charge in [-0.2, -0.15) is 0 Å². The lowest BCUT2D eigenvalue weighted by Gasteiger charge is -2.29. The number of carbonyl (C=O) groups is 1. The van der Waals surface area contributed by atoms with Crippen LogP contribution in [-0.2, 0) is 22.6 Å². The number of nitrogens with one attached hydrogen (secondary N) is 2. The Morgan fingerprint density at radius 2 is 1.78 bits per heavy atom. The van der Waals surface area contributed by atoms with E-state index in [1.54, 1.807) is 12.1 Å². The van der Waals surface area contributed by atoms with Crippen molar-refractivity contribution in [2.24, 2.45) is 0 Å². The summed E-state index contributed by atoms with van der Waals surface area (Å²) in [5, 5.41) is 6.31. The first-order valence-corrected chi connectivity index (χ1v) is 11.3. The normalized spacial score (nSPS) is 20.2. The molecule has 1 fully saturated rings. The molecule has 1 unspecified atom stereocenters. The molecule has 2 amide bonds. The summed E-state index contributed by atoms with van der Waals surface area (Å²) in [6.07, 6.45) is 0.926. The summed E-state index contributed by atoms with van der Waals surface area (Å²) in [5.74, 6) is 5.11. The molecule has 27 heavy (non-hydrogen) atoms. The van der Waals surface area contributed by atoms with Crippen LogP contribution in [0.15, 0.2) is 48.5 Å². The van der Waals surface area contributed by atoms with Crippen LogP contribution >= 0.6 is 11.6 Å². The third-order valence-electron chi connectivity index (χ3n) is 4.39. The van der Waals surface area contributed by atoms with Crippen molar-refractivity contribution in [3.63, 3.8) is 0 Å². The molecule has 0 aliphatic carbocycles. The highest BCUT2D eigenvalue weighted by Gasteiger charge is 2.18. The van der Waals surface area contributed by atoms with Gasteiger partial charge in [-0.05, 0) is 57.2 Å². The average molecular weight is 406 g/mol. The number of amides is 2. The molecule has 0 radical (unpaired) electrons. The van der Waals surface area contributed by atoms with Crippen LogP contribution in [0.3, 0.4) is 0 Å². The average Bonchev–Trinajstić information content (AvgIpc) is 2.62. The van der Waals surface area contributed by atoms with Crippen molar-refractivity contribution in [1.29, 1.82) is 0 Å². The summed E-state index contributed by atoms with van der Waals surface area (Å²) in [6, 6.07) is 14.8. The van der Waals surface area contributed by atoms with Crippen LogP contribution in [0.2, 0.25) is 5.02 Å². The van der Waals surface area contributed by atoms with Gasteiger partial charge in [0.05, 0.1) is 5.88 Å². The zero-order chi connectivity index (χ0) is 19.3. The minimum Gasteiger partial charge on any atom is -0.334 e. The van der Waals surface area contributed by atoms with E-state index in [4.69, 9.17) is 11.6 Å². The van der Waals surface area contributed by atoms with Crippen LogP contribution in [0.4, 0.5) is 10.5 Å². The lowest BCUT2D eigenvalue weighted by atomic mass is 10.2. The Labute approximate surface area is 165 Å². The molecule has 2 aromatic carbocycles. The Morgan fingerprint density at radius 1 is 1.11 bits per heavy atom. The molecule has 1 saturated heterocycles. The van der Waals surface area contributed by atoms with E-state index in [1.165, 1.54) is 0 Å². The van der Waals surface area contributed by atoms with E-state index in [1.807, 2.05) is 36.4 Å². The highest BCUT2D eigenvalue weighted by Crippen LogP contribution is 2.15. The number of hydrogen-bond donors (Lipinski definition) is 2. The summed E-state index contributed by atoms with van der Waals surface area (Å²) in [7, 11) is -1.95. The van der Waals surface area contributed by atoms with Gasteiger partial charge in [0, 0.05) is 36.1 Å². The van der Waals surface area contributed by atoms with E-state index in [-0.39, 0.29) is 6.03 Å². The van der Waals surface area contributed by atoms with Gasteiger partial charge < -0.3 is 10.6 Å². The SMILES string of the molecule is C=S1(=O)CCCN(Cc2ccc(NC(=O)NCc3ccc(Cl)cc3)cc2)C1. The van der Waals surface area contributed by atoms with E-state index in [0.717, 1.165) is 42.1 Å². The van der Waals surface area contributed by atoms with E-state index in [2.05, 4.69) is 21.4 Å². The van der Waals surface area contributed by atoms with Gasteiger partial charge in [-0.3, -0.25) is 9.11 Å². The molecule has 3 rings (SSSR count). The first-order chi connectivity index (χ1) is 12.9. The number of halogens is 1. The molecule has 0 aromatic heterocycles. The Balaban J connectivity index is 1.48. The molecule has 144 valence electrons. The predicted molar refractivity (Wildman–Crippen MR) is 114 cm³/mol. The Bertz CT molecular complexity index is 880. The molecule has 1 atom stereocenters. The van der Waals surface area contributed by atoms with Gasteiger partial charge in [-0.15, -0.1) is 0 Å². The molecule has 5 nitrogen and oxygen atoms in total. The van der Waals surface area contributed by atoms with Crippen LogP contribution in [0.1, 0.15) is 17.5 Å². The number of hydrogen-bond acceptors (Lipinski definition) is 3. The quantitative estimate of drug-likeness (QED) is 0.748. The Morgan fingerprint density at radius 3 is 2.44 bits per heavy atom. The number of anilines is 1. The predicted octanol–water partition coefficient (Wildman–Crippen LogP) is 3.54.